The van der Waals surface area contributed by atoms with E-state index >= 15 is 0 Å². The summed E-state index contributed by atoms with van der Waals surface area (Å²) in [6.07, 6.45) is 6.45. The van der Waals surface area contributed by atoms with E-state index in [0.29, 0.717) is 5.56 Å². The molecule has 1 aromatic carbocycles. The Kier molecular flexibility index (Phi) is 4.15. The molecule has 0 heterocycles. The molecule has 0 radical (unpaired) electrons. The molecule has 1 aliphatic rings. The average molecular weight is 250 g/mol. The summed E-state index contributed by atoms with van der Waals surface area (Å²) in [5, 5.41) is 0. The van der Waals surface area contributed by atoms with Gasteiger partial charge in [-0.25, -0.2) is 8.78 Å². The lowest BCUT2D eigenvalue weighted by Crippen LogP contribution is -2.13. The third kappa shape index (κ3) is 3.41. The van der Waals surface area contributed by atoms with E-state index in [1.165, 1.54) is 30.5 Å². The van der Waals surface area contributed by atoms with Crippen LogP contribution in [0.3, 0.4) is 0 Å². The molecule has 0 unspecified atom stereocenters. The predicted molar refractivity (Wildman–Crippen MR) is 71.1 cm³/mol. The number of allylic oxidation sites excluding steroid dienone is 1. The molecule has 0 amide bonds. The van der Waals surface area contributed by atoms with Crippen molar-refractivity contribution in [2.75, 3.05) is 0 Å². The van der Waals surface area contributed by atoms with E-state index in [-0.39, 0.29) is 0 Å². The Hall–Kier alpha value is -1.18. The van der Waals surface area contributed by atoms with Crippen LogP contribution in [0.5, 0.6) is 0 Å². The van der Waals surface area contributed by atoms with Crippen molar-refractivity contribution >= 4 is 6.08 Å². The summed E-state index contributed by atoms with van der Waals surface area (Å²) in [6.45, 7) is 4.53. The highest BCUT2D eigenvalue weighted by molar-refractivity contribution is 5.53. The number of benzene rings is 1. The maximum absolute atomic E-state index is 13.1. The number of hydrogen-bond donors (Lipinski definition) is 0. The Morgan fingerprint density at radius 2 is 1.61 bits per heavy atom. The number of hydrogen-bond acceptors (Lipinski definition) is 0. The second kappa shape index (κ2) is 5.64. The van der Waals surface area contributed by atoms with E-state index in [2.05, 4.69) is 13.8 Å². The SMILES string of the molecule is CC(C)C1CCC(=Cc2cc(F)cc(F)c2)CC1. The molecule has 18 heavy (non-hydrogen) atoms. The summed E-state index contributed by atoms with van der Waals surface area (Å²) in [6, 6.07) is 3.70. The van der Waals surface area contributed by atoms with Crippen molar-refractivity contribution in [2.45, 2.75) is 39.5 Å². The molecule has 0 atom stereocenters. The summed E-state index contributed by atoms with van der Waals surface area (Å²) in [5.41, 5.74) is 1.96. The fraction of sp³-hybridized carbons (Fsp3) is 0.500. The third-order valence-corrected chi connectivity index (χ3v) is 3.87. The van der Waals surface area contributed by atoms with E-state index in [9.17, 15) is 8.78 Å². The zero-order valence-electron chi connectivity index (χ0n) is 11.0. The van der Waals surface area contributed by atoms with Gasteiger partial charge in [0.05, 0.1) is 0 Å². The van der Waals surface area contributed by atoms with Gasteiger partial charge in [-0.3, -0.25) is 0 Å². The van der Waals surface area contributed by atoms with Crippen LogP contribution in [0.15, 0.2) is 23.8 Å². The van der Waals surface area contributed by atoms with E-state index < -0.39 is 11.6 Å². The zero-order chi connectivity index (χ0) is 13.1. The largest absolute Gasteiger partial charge is 0.207 e. The Balaban J connectivity index is 2.06. The lowest BCUT2D eigenvalue weighted by atomic mass is 9.79. The van der Waals surface area contributed by atoms with Crippen LogP contribution in [-0.4, -0.2) is 0 Å². The lowest BCUT2D eigenvalue weighted by molar-refractivity contribution is 0.312. The van der Waals surface area contributed by atoms with Gasteiger partial charge in [-0.1, -0.05) is 25.5 Å². The van der Waals surface area contributed by atoms with Crippen LogP contribution in [0, 0.1) is 23.5 Å². The molecule has 1 fully saturated rings. The minimum absolute atomic E-state index is 0.502. The van der Waals surface area contributed by atoms with Gasteiger partial charge in [0.15, 0.2) is 0 Å². The minimum atomic E-state index is -0.502. The van der Waals surface area contributed by atoms with Crippen molar-refractivity contribution in [1.82, 2.24) is 0 Å². The molecule has 1 saturated carbocycles. The first-order valence-electron chi connectivity index (χ1n) is 6.70. The van der Waals surface area contributed by atoms with Crippen LogP contribution in [0.25, 0.3) is 6.08 Å². The molecule has 0 N–H and O–H groups in total. The van der Waals surface area contributed by atoms with E-state index in [4.69, 9.17) is 0 Å². The highest BCUT2D eigenvalue weighted by Crippen LogP contribution is 2.33. The Labute approximate surface area is 108 Å². The smallest absolute Gasteiger partial charge is 0.126 e. The number of rotatable bonds is 2. The molecular weight excluding hydrogens is 230 g/mol. The topological polar surface area (TPSA) is 0 Å². The zero-order valence-corrected chi connectivity index (χ0v) is 11.0. The molecule has 0 saturated heterocycles. The van der Waals surface area contributed by atoms with E-state index in [0.717, 1.165) is 30.7 Å². The predicted octanol–water partition coefficient (Wildman–Crippen LogP) is 5.19. The van der Waals surface area contributed by atoms with Gasteiger partial charge in [0.2, 0.25) is 0 Å². The molecule has 0 spiro atoms. The van der Waals surface area contributed by atoms with Crippen LogP contribution in [-0.2, 0) is 0 Å². The summed E-state index contributed by atoms with van der Waals surface area (Å²) in [7, 11) is 0. The lowest BCUT2D eigenvalue weighted by Gasteiger charge is -2.27. The summed E-state index contributed by atoms with van der Waals surface area (Å²) >= 11 is 0. The van der Waals surface area contributed by atoms with Gasteiger partial charge in [-0.15, -0.1) is 0 Å². The van der Waals surface area contributed by atoms with Crippen molar-refractivity contribution in [3.63, 3.8) is 0 Å². The van der Waals surface area contributed by atoms with Crippen molar-refractivity contribution in [1.29, 1.82) is 0 Å². The first-order chi connectivity index (χ1) is 8.54. The Morgan fingerprint density at radius 1 is 1.06 bits per heavy atom. The average Bonchev–Trinajstić information content (AvgIpc) is 2.28. The standard InChI is InChI=1S/C16H20F2/c1-11(2)14-5-3-12(4-6-14)7-13-8-15(17)10-16(18)9-13/h7-11,14H,3-6H2,1-2H3. The monoisotopic (exact) mass is 250 g/mol. The fourth-order valence-corrected chi connectivity index (χ4v) is 2.72. The van der Waals surface area contributed by atoms with Gasteiger partial charge in [-0.2, -0.15) is 0 Å². The Bertz CT molecular complexity index is 416. The van der Waals surface area contributed by atoms with E-state index in [1.54, 1.807) is 0 Å². The van der Waals surface area contributed by atoms with Gasteiger partial charge >= 0.3 is 0 Å². The number of halogens is 2. The molecule has 2 heteroatoms. The summed E-state index contributed by atoms with van der Waals surface area (Å²) in [5.74, 6) is 0.528. The van der Waals surface area contributed by atoms with Crippen LogP contribution >= 0.6 is 0 Å². The highest BCUT2D eigenvalue weighted by Gasteiger charge is 2.19. The van der Waals surface area contributed by atoms with E-state index in [1.807, 2.05) is 6.08 Å². The van der Waals surface area contributed by atoms with Gasteiger partial charge in [-0.05, 0) is 55.2 Å². The normalized spacial score (nSPS) is 20.3. The second-order valence-electron chi connectivity index (χ2n) is 5.59. The van der Waals surface area contributed by atoms with Crippen LogP contribution < -0.4 is 0 Å². The first-order valence-corrected chi connectivity index (χ1v) is 6.70. The summed E-state index contributed by atoms with van der Waals surface area (Å²) < 4.78 is 26.2. The highest BCUT2D eigenvalue weighted by atomic mass is 19.1. The van der Waals surface area contributed by atoms with Gasteiger partial charge < -0.3 is 0 Å². The fourth-order valence-electron chi connectivity index (χ4n) is 2.72. The van der Waals surface area contributed by atoms with Crippen LogP contribution in [0.1, 0.15) is 45.1 Å². The van der Waals surface area contributed by atoms with Crippen molar-refractivity contribution < 1.29 is 8.78 Å². The molecular formula is C16H20F2. The molecule has 0 bridgehead atoms. The molecule has 2 rings (SSSR count). The van der Waals surface area contributed by atoms with Gasteiger partial charge in [0, 0.05) is 6.07 Å². The van der Waals surface area contributed by atoms with Crippen LogP contribution in [0.4, 0.5) is 8.78 Å². The molecule has 98 valence electrons. The summed E-state index contributed by atoms with van der Waals surface area (Å²) in [4.78, 5) is 0. The van der Waals surface area contributed by atoms with Gasteiger partial charge in [0.1, 0.15) is 11.6 Å². The van der Waals surface area contributed by atoms with Crippen molar-refractivity contribution in [2.24, 2.45) is 11.8 Å². The van der Waals surface area contributed by atoms with Gasteiger partial charge in [0.25, 0.3) is 0 Å². The van der Waals surface area contributed by atoms with Crippen LogP contribution in [0.2, 0.25) is 0 Å². The molecule has 1 aliphatic carbocycles. The molecule has 0 aliphatic heterocycles. The minimum Gasteiger partial charge on any atom is -0.207 e. The Morgan fingerprint density at radius 3 is 2.11 bits per heavy atom. The van der Waals surface area contributed by atoms with Crippen molar-refractivity contribution in [3.05, 3.63) is 41.0 Å². The molecule has 0 aromatic heterocycles. The molecule has 1 aromatic rings. The maximum Gasteiger partial charge on any atom is 0.126 e. The molecule has 0 nitrogen and oxygen atoms in total. The quantitative estimate of drug-likeness (QED) is 0.677. The first kappa shape index (κ1) is 13.3. The van der Waals surface area contributed by atoms with Crippen molar-refractivity contribution in [3.8, 4) is 0 Å². The third-order valence-electron chi connectivity index (χ3n) is 3.87. The maximum atomic E-state index is 13.1. The second-order valence-corrected chi connectivity index (χ2v) is 5.59.